The Kier molecular flexibility index (Phi) is 4.44. The van der Waals surface area contributed by atoms with Crippen molar-refractivity contribution in [3.8, 4) is 11.1 Å². The van der Waals surface area contributed by atoms with Gasteiger partial charge in [-0.25, -0.2) is 4.68 Å². The second kappa shape index (κ2) is 7.10. The zero-order chi connectivity index (χ0) is 19.1. The van der Waals surface area contributed by atoms with Gasteiger partial charge >= 0.3 is 0 Å². The average Bonchev–Trinajstić information content (AvgIpc) is 3.45. The van der Waals surface area contributed by atoms with Gasteiger partial charge in [-0.05, 0) is 62.0 Å². The van der Waals surface area contributed by atoms with Crippen LogP contribution in [0.4, 0.5) is 10.8 Å². The largest absolute Gasteiger partial charge is 0.472 e. The maximum Gasteiger partial charge on any atom is 0.142 e. The number of hydrogen-bond donors (Lipinski definition) is 2. The van der Waals surface area contributed by atoms with E-state index in [0.717, 1.165) is 46.6 Å². The highest BCUT2D eigenvalue weighted by Crippen LogP contribution is 2.39. The van der Waals surface area contributed by atoms with Crippen LogP contribution in [0.1, 0.15) is 18.5 Å². The van der Waals surface area contributed by atoms with E-state index < -0.39 is 0 Å². The number of fused-ring (bicyclic) bond motifs is 1. The fraction of sp³-hybridized carbons (Fsp3) is 0.400. The highest BCUT2D eigenvalue weighted by molar-refractivity contribution is 7.10. The van der Waals surface area contributed by atoms with E-state index in [4.69, 9.17) is 9.52 Å². The number of aromatic nitrogens is 3. The molecule has 1 saturated heterocycles. The van der Waals surface area contributed by atoms with Gasteiger partial charge in [0.15, 0.2) is 0 Å². The number of piperidine rings is 1. The molecular weight excluding hydrogens is 372 g/mol. The summed E-state index contributed by atoms with van der Waals surface area (Å²) >= 11 is 1.48. The van der Waals surface area contributed by atoms with E-state index in [-0.39, 0.29) is 0 Å². The van der Waals surface area contributed by atoms with Crippen LogP contribution in [-0.4, -0.2) is 40.3 Å². The van der Waals surface area contributed by atoms with Crippen molar-refractivity contribution in [3.63, 3.8) is 0 Å². The van der Waals surface area contributed by atoms with Gasteiger partial charge < -0.3 is 20.0 Å². The molecule has 8 heteroatoms. The number of aryl methyl sites for hydroxylation is 1. The predicted molar refractivity (Wildman–Crippen MR) is 112 cm³/mol. The molecule has 0 aliphatic carbocycles. The number of anilines is 2. The molecule has 0 radical (unpaired) electrons. The molecule has 0 amide bonds. The average molecular weight is 397 g/mol. The molecule has 3 aromatic rings. The van der Waals surface area contributed by atoms with Gasteiger partial charge in [-0.2, -0.15) is 9.47 Å². The van der Waals surface area contributed by atoms with E-state index >= 15 is 0 Å². The highest BCUT2D eigenvalue weighted by Gasteiger charge is 2.34. The molecule has 2 aliphatic rings. The summed E-state index contributed by atoms with van der Waals surface area (Å²) in [4.78, 5) is 2.36. The lowest BCUT2D eigenvalue weighted by Gasteiger charge is -2.40. The SMILES string of the molecule is Cc1cc(NC2=CC(C3CCCNC3)N(C)c3c(-c4ccoc4)cnn32)sn1. The second-order valence-corrected chi connectivity index (χ2v) is 8.33. The molecule has 5 heterocycles. The third-order valence-electron chi connectivity index (χ3n) is 5.61. The van der Waals surface area contributed by atoms with Crippen molar-refractivity contribution in [2.75, 3.05) is 30.4 Å². The van der Waals surface area contributed by atoms with Gasteiger partial charge in [-0.1, -0.05) is 0 Å². The van der Waals surface area contributed by atoms with Gasteiger partial charge in [-0.15, -0.1) is 0 Å². The lowest BCUT2D eigenvalue weighted by Crippen LogP contribution is -2.47. The van der Waals surface area contributed by atoms with E-state index in [1.165, 1.54) is 24.4 Å². The topological polar surface area (TPSA) is 71.2 Å². The Hall–Kier alpha value is -2.58. The van der Waals surface area contributed by atoms with Crippen LogP contribution >= 0.6 is 11.5 Å². The lowest BCUT2D eigenvalue weighted by molar-refractivity contribution is 0.341. The summed E-state index contributed by atoms with van der Waals surface area (Å²) < 4.78 is 11.7. The maximum absolute atomic E-state index is 5.33. The minimum absolute atomic E-state index is 0.291. The molecule has 2 N–H and O–H groups in total. The Balaban J connectivity index is 1.57. The Morgan fingerprint density at radius 1 is 1.39 bits per heavy atom. The Morgan fingerprint density at radius 3 is 3.04 bits per heavy atom. The Bertz CT molecular complexity index is 982. The van der Waals surface area contributed by atoms with Crippen molar-refractivity contribution in [3.05, 3.63) is 42.6 Å². The first-order chi connectivity index (χ1) is 13.7. The van der Waals surface area contributed by atoms with Gasteiger partial charge in [0.1, 0.15) is 16.6 Å². The zero-order valence-electron chi connectivity index (χ0n) is 16.1. The fourth-order valence-corrected chi connectivity index (χ4v) is 4.90. The van der Waals surface area contributed by atoms with Crippen LogP contribution < -0.4 is 15.5 Å². The van der Waals surface area contributed by atoms with Crippen LogP contribution in [0, 0.1) is 12.8 Å². The molecule has 3 aromatic heterocycles. The second-order valence-electron chi connectivity index (χ2n) is 7.52. The third kappa shape index (κ3) is 3.02. The summed E-state index contributed by atoms with van der Waals surface area (Å²) in [6.45, 7) is 4.16. The van der Waals surface area contributed by atoms with Crippen LogP contribution in [0.25, 0.3) is 16.9 Å². The summed E-state index contributed by atoms with van der Waals surface area (Å²) in [5.41, 5.74) is 3.15. The molecule has 0 saturated carbocycles. The zero-order valence-corrected chi connectivity index (χ0v) is 16.9. The first kappa shape index (κ1) is 17.5. The number of hydrogen-bond acceptors (Lipinski definition) is 7. The number of furan rings is 1. The molecule has 2 atom stereocenters. The molecule has 146 valence electrons. The molecule has 0 spiro atoms. The van der Waals surface area contributed by atoms with Crippen LogP contribution in [0.15, 0.2) is 41.3 Å². The van der Waals surface area contributed by atoms with Gasteiger partial charge in [0.2, 0.25) is 0 Å². The summed E-state index contributed by atoms with van der Waals surface area (Å²) in [6.07, 6.45) is 10.2. The number of likely N-dealkylation sites (N-methyl/N-ethyl adjacent to an activating group) is 1. The molecule has 1 fully saturated rings. The van der Waals surface area contributed by atoms with Crippen LogP contribution in [0.5, 0.6) is 0 Å². The molecule has 0 aromatic carbocycles. The molecule has 2 unspecified atom stereocenters. The number of nitrogens with one attached hydrogen (secondary N) is 2. The van der Waals surface area contributed by atoms with Crippen molar-refractivity contribution in [2.45, 2.75) is 25.8 Å². The van der Waals surface area contributed by atoms with Crippen LogP contribution in [0.2, 0.25) is 0 Å². The van der Waals surface area contributed by atoms with Gasteiger partial charge in [0, 0.05) is 24.7 Å². The summed E-state index contributed by atoms with van der Waals surface area (Å²) in [5.74, 6) is 2.63. The fourth-order valence-electron chi connectivity index (χ4n) is 4.23. The Labute approximate surface area is 168 Å². The standard InChI is InChI=1S/C20H24N6OS/c1-13-8-19(28-24-13)23-18-9-17(14-4-3-6-21-10-14)25(2)20-16(11-22-26(18)20)15-5-7-27-12-15/h5,7-9,11-12,14,17,21,23H,3-4,6,10H2,1-2H3. The van der Waals surface area contributed by atoms with Crippen molar-refractivity contribution < 1.29 is 4.42 Å². The molecule has 28 heavy (non-hydrogen) atoms. The first-order valence-electron chi connectivity index (χ1n) is 9.67. The minimum atomic E-state index is 0.291. The van der Waals surface area contributed by atoms with E-state index in [1.54, 1.807) is 12.5 Å². The normalized spacial score (nSPS) is 22.1. The number of rotatable bonds is 4. The van der Waals surface area contributed by atoms with Crippen LogP contribution in [0.3, 0.4) is 0 Å². The van der Waals surface area contributed by atoms with E-state index in [9.17, 15) is 0 Å². The molecule has 5 rings (SSSR count). The summed E-state index contributed by atoms with van der Waals surface area (Å²) in [6, 6.07) is 4.35. The monoisotopic (exact) mass is 396 g/mol. The van der Waals surface area contributed by atoms with Crippen molar-refractivity contribution in [1.82, 2.24) is 19.5 Å². The predicted octanol–water partition coefficient (Wildman–Crippen LogP) is 3.64. The summed E-state index contributed by atoms with van der Waals surface area (Å²) in [7, 11) is 2.17. The van der Waals surface area contributed by atoms with Gasteiger partial charge in [0.05, 0.1) is 30.5 Å². The minimum Gasteiger partial charge on any atom is -0.472 e. The molecule has 2 aliphatic heterocycles. The van der Waals surface area contributed by atoms with E-state index in [0.29, 0.717) is 12.0 Å². The molecular formula is C20H24N6OS. The quantitative estimate of drug-likeness (QED) is 0.702. The van der Waals surface area contributed by atoms with E-state index in [1.807, 2.05) is 23.9 Å². The first-order valence-corrected chi connectivity index (χ1v) is 10.4. The van der Waals surface area contributed by atoms with Gasteiger partial charge in [0.25, 0.3) is 0 Å². The highest BCUT2D eigenvalue weighted by atomic mass is 32.1. The smallest absolute Gasteiger partial charge is 0.142 e. The summed E-state index contributed by atoms with van der Waals surface area (Å²) in [5, 5.41) is 12.8. The van der Waals surface area contributed by atoms with Crippen LogP contribution in [-0.2, 0) is 0 Å². The number of nitrogens with zero attached hydrogens (tertiary/aromatic N) is 4. The van der Waals surface area contributed by atoms with Crippen molar-refractivity contribution >= 4 is 28.2 Å². The molecule has 7 nitrogen and oxygen atoms in total. The van der Waals surface area contributed by atoms with E-state index in [2.05, 4.69) is 39.1 Å². The van der Waals surface area contributed by atoms with Gasteiger partial charge in [-0.3, -0.25) is 0 Å². The molecule has 0 bridgehead atoms. The van der Waals surface area contributed by atoms with Crippen molar-refractivity contribution in [2.24, 2.45) is 5.92 Å². The lowest BCUT2D eigenvalue weighted by atomic mass is 9.89. The third-order valence-corrected chi connectivity index (χ3v) is 6.41. The Morgan fingerprint density at radius 2 is 2.32 bits per heavy atom. The van der Waals surface area contributed by atoms with Crippen molar-refractivity contribution in [1.29, 1.82) is 0 Å². The maximum atomic E-state index is 5.33.